The Bertz CT molecular complexity index is 932. The number of carbonyl (C=O) groups is 2. The molecule has 0 bridgehead atoms. The Balaban J connectivity index is 1.66. The van der Waals surface area contributed by atoms with E-state index in [1.54, 1.807) is 18.3 Å². The van der Waals surface area contributed by atoms with Gasteiger partial charge in [0.1, 0.15) is 11.2 Å². The zero-order valence-corrected chi connectivity index (χ0v) is 13.9. The number of nitrogens with zero attached hydrogens (tertiary/aromatic N) is 3. The van der Waals surface area contributed by atoms with Gasteiger partial charge in [0, 0.05) is 25.5 Å². The first-order chi connectivity index (χ1) is 12.0. The van der Waals surface area contributed by atoms with Gasteiger partial charge in [0.25, 0.3) is 11.5 Å². The number of pyridine rings is 1. The number of aromatic nitrogens is 2. The molecule has 2 aliphatic rings. The normalized spacial score (nSPS) is 23.2. The molecular formula is C18H19N3O4. The molecule has 1 aliphatic heterocycles. The Kier molecular flexibility index (Phi) is 3.59. The van der Waals surface area contributed by atoms with Crippen molar-refractivity contribution in [3.05, 3.63) is 46.0 Å². The first-order valence-corrected chi connectivity index (χ1v) is 8.46. The van der Waals surface area contributed by atoms with Crippen molar-refractivity contribution in [2.24, 2.45) is 17.8 Å². The van der Waals surface area contributed by atoms with E-state index < -0.39 is 23.4 Å². The number of amides is 1. The van der Waals surface area contributed by atoms with Crippen molar-refractivity contribution < 1.29 is 14.7 Å². The average Bonchev–Trinajstić information content (AvgIpc) is 3.32. The van der Waals surface area contributed by atoms with Crippen LogP contribution in [0.2, 0.25) is 0 Å². The molecule has 0 spiro atoms. The molecule has 3 heterocycles. The molecule has 4 rings (SSSR count). The van der Waals surface area contributed by atoms with Crippen LogP contribution in [0.5, 0.6) is 0 Å². The van der Waals surface area contributed by atoms with Crippen molar-refractivity contribution in [1.82, 2.24) is 14.3 Å². The lowest BCUT2D eigenvalue weighted by molar-refractivity contribution is -0.142. The van der Waals surface area contributed by atoms with Gasteiger partial charge in [-0.25, -0.2) is 4.98 Å². The summed E-state index contributed by atoms with van der Waals surface area (Å²) in [6.07, 6.45) is 4.96. The number of carbonyl (C=O) groups excluding carboxylic acids is 1. The van der Waals surface area contributed by atoms with E-state index in [0.29, 0.717) is 18.1 Å². The van der Waals surface area contributed by atoms with Crippen LogP contribution in [0.3, 0.4) is 0 Å². The van der Waals surface area contributed by atoms with E-state index in [2.05, 4.69) is 4.98 Å². The van der Waals surface area contributed by atoms with Gasteiger partial charge < -0.3 is 10.0 Å². The highest BCUT2D eigenvalue weighted by Crippen LogP contribution is 2.44. The smallest absolute Gasteiger partial charge is 0.308 e. The van der Waals surface area contributed by atoms with Gasteiger partial charge in [0.2, 0.25) is 0 Å². The Labute approximate surface area is 143 Å². The Hall–Kier alpha value is -2.70. The molecule has 2 aromatic heterocycles. The predicted molar refractivity (Wildman–Crippen MR) is 89.4 cm³/mol. The number of hydrogen-bond donors (Lipinski definition) is 1. The summed E-state index contributed by atoms with van der Waals surface area (Å²) in [5.41, 5.74) is 1.03. The summed E-state index contributed by atoms with van der Waals surface area (Å²) in [5, 5.41) is 9.44. The van der Waals surface area contributed by atoms with Crippen LogP contribution in [0.1, 0.15) is 28.8 Å². The average molecular weight is 341 g/mol. The minimum Gasteiger partial charge on any atom is -0.481 e. The lowest BCUT2D eigenvalue weighted by atomic mass is 9.92. The van der Waals surface area contributed by atoms with E-state index in [1.165, 1.54) is 15.5 Å². The number of aryl methyl sites for hydroxylation is 1. The SMILES string of the molecule is Cc1ccn2c(=O)c(C(=O)N3C[C@H](C(=O)O)[C@@H](C4CC4)C3)cnc2c1. The van der Waals surface area contributed by atoms with Crippen molar-refractivity contribution >= 4 is 17.5 Å². The third-order valence-corrected chi connectivity index (χ3v) is 5.29. The second-order valence-corrected chi connectivity index (χ2v) is 7.07. The van der Waals surface area contributed by atoms with E-state index in [0.717, 1.165) is 18.4 Å². The molecule has 130 valence electrons. The molecule has 2 fully saturated rings. The van der Waals surface area contributed by atoms with Crippen molar-refractivity contribution in [2.75, 3.05) is 13.1 Å². The molecular weight excluding hydrogens is 322 g/mol. The van der Waals surface area contributed by atoms with E-state index >= 15 is 0 Å². The van der Waals surface area contributed by atoms with E-state index in [4.69, 9.17) is 0 Å². The summed E-state index contributed by atoms with van der Waals surface area (Å²) in [6.45, 7) is 2.46. The first-order valence-electron chi connectivity index (χ1n) is 8.46. The first kappa shape index (κ1) is 15.8. The van der Waals surface area contributed by atoms with Gasteiger partial charge in [-0.3, -0.25) is 18.8 Å². The van der Waals surface area contributed by atoms with Crippen molar-refractivity contribution in [1.29, 1.82) is 0 Å². The number of rotatable bonds is 3. The topological polar surface area (TPSA) is 92.0 Å². The van der Waals surface area contributed by atoms with Gasteiger partial charge in [-0.2, -0.15) is 0 Å². The summed E-state index contributed by atoms with van der Waals surface area (Å²) in [5.74, 6) is -1.47. The lowest BCUT2D eigenvalue weighted by Crippen LogP contribution is -2.35. The molecule has 25 heavy (non-hydrogen) atoms. The molecule has 0 aromatic carbocycles. The van der Waals surface area contributed by atoms with E-state index in [9.17, 15) is 19.5 Å². The number of carboxylic acid groups (broad SMARTS) is 1. The predicted octanol–water partition coefficient (Wildman–Crippen LogP) is 1.19. The molecule has 1 aliphatic carbocycles. The molecule has 0 unspecified atom stereocenters. The fourth-order valence-electron chi connectivity index (χ4n) is 3.75. The Morgan fingerprint density at radius 2 is 2.04 bits per heavy atom. The van der Waals surface area contributed by atoms with Crippen LogP contribution in [-0.2, 0) is 4.79 Å². The highest BCUT2D eigenvalue weighted by Gasteiger charge is 2.47. The quantitative estimate of drug-likeness (QED) is 0.905. The molecule has 2 atom stereocenters. The lowest BCUT2D eigenvalue weighted by Gasteiger charge is -2.16. The maximum atomic E-state index is 12.8. The molecule has 1 N–H and O–H groups in total. The van der Waals surface area contributed by atoms with Crippen LogP contribution < -0.4 is 5.56 Å². The van der Waals surface area contributed by atoms with E-state index in [1.807, 2.05) is 6.92 Å². The van der Waals surface area contributed by atoms with Crippen LogP contribution in [0.4, 0.5) is 0 Å². The van der Waals surface area contributed by atoms with Crippen LogP contribution in [0, 0.1) is 24.7 Å². The number of likely N-dealkylation sites (tertiary alicyclic amines) is 1. The van der Waals surface area contributed by atoms with E-state index in [-0.39, 0.29) is 18.0 Å². The molecule has 1 saturated carbocycles. The molecule has 1 saturated heterocycles. The van der Waals surface area contributed by atoms with Crippen LogP contribution in [0.25, 0.3) is 5.65 Å². The van der Waals surface area contributed by atoms with Gasteiger partial charge in [-0.15, -0.1) is 0 Å². The van der Waals surface area contributed by atoms with Crippen molar-refractivity contribution in [3.63, 3.8) is 0 Å². The zero-order chi connectivity index (χ0) is 17.7. The Morgan fingerprint density at radius 1 is 1.28 bits per heavy atom. The highest BCUT2D eigenvalue weighted by atomic mass is 16.4. The van der Waals surface area contributed by atoms with Gasteiger partial charge >= 0.3 is 5.97 Å². The number of carboxylic acids is 1. The fourth-order valence-corrected chi connectivity index (χ4v) is 3.75. The van der Waals surface area contributed by atoms with Gasteiger partial charge in [0.15, 0.2) is 0 Å². The maximum Gasteiger partial charge on any atom is 0.308 e. The van der Waals surface area contributed by atoms with Gasteiger partial charge in [-0.1, -0.05) is 0 Å². The van der Waals surface area contributed by atoms with Crippen molar-refractivity contribution in [2.45, 2.75) is 19.8 Å². The van der Waals surface area contributed by atoms with Crippen LogP contribution in [0.15, 0.2) is 29.3 Å². The second-order valence-electron chi connectivity index (χ2n) is 7.07. The summed E-state index contributed by atoms with van der Waals surface area (Å²) < 4.78 is 1.35. The monoisotopic (exact) mass is 341 g/mol. The second kappa shape index (κ2) is 5.68. The standard InChI is InChI=1S/C18H19N3O4/c1-10-4-5-21-15(6-10)19-7-12(17(21)23)16(22)20-8-13(11-2-3-11)14(9-20)18(24)25/h4-7,11,13-14H,2-3,8-9H2,1H3,(H,24,25)/t13-,14+/m1/s1. The largest absolute Gasteiger partial charge is 0.481 e. The van der Waals surface area contributed by atoms with Crippen LogP contribution in [-0.4, -0.2) is 44.4 Å². The summed E-state index contributed by atoms with van der Waals surface area (Å²) >= 11 is 0. The minimum atomic E-state index is -0.865. The summed E-state index contributed by atoms with van der Waals surface area (Å²) in [4.78, 5) is 42.7. The number of hydrogen-bond acceptors (Lipinski definition) is 4. The highest BCUT2D eigenvalue weighted by molar-refractivity contribution is 5.94. The van der Waals surface area contributed by atoms with Gasteiger partial charge in [0.05, 0.1) is 5.92 Å². The summed E-state index contributed by atoms with van der Waals surface area (Å²) in [7, 11) is 0. The molecule has 7 heteroatoms. The third kappa shape index (κ3) is 2.69. The van der Waals surface area contributed by atoms with Crippen LogP contribution >= 0.6 is 0 Å². The number of aliphatic carboxylic acids is 1. The van der Waals surface area contributed by atoms with Crippen molar-refractivity contribution in [3.8, 4) is 0 Å². The minimum absolute atomic E-state index is 0.0121. The fraction of sp³-hybridized carbons (Fsp3) is 0.444. The molecule has 7 nitrogen and oxygen atoms in total. The Morgan fingerprint density at radius 3 is 2.72 bits per heavy atom. The zero-order valence-electron chi connectivity index (χ0n) is 13.9. The molecule has 2 aromatic rings. The molecule has 0 radical (unpaired) electrons. The number of fused-ring (bicyclic) bond motifs is 1. The summed E-state index contributed by atoms with van der Waals surface area (Å²) in [6, 6.07) is 3.55. The maximum absolute atomic E-state index is 12.8. The molecule has 1 amide bonds. The third-order valence-electron chi connectivity index (χ3n) is 5.29. The van der Waals surface area contributed by atoms with Gasteiger partial charge in [-0.05, 0) is 49.3 Å².